The van der Waals surface area contributed by atoms with Gasteiger partial charge in [-0.15, -0.1) is 11.3 Å². The minimum absolute atomic E-state index is 0.0116. The minimum atomic E-state index is 0.0116. The SMILES string of the molecule is CCCCCCC1(CCCCCC)c2cc(C3=C(CCCCC)C=C(c4ccc(-c5cc(CCCCC)c(C(C)(C)C)s5)c5nc(-c6ccccc6)c(-c6ccccc6)nc45)C3)ccc2-c2ccc(C(C)(C)C)cc21. The Kier molecular flexibility index (Phi) is 17.3. The molecule has 0 fully saturated rings. The third-order valence-corrected chi connectivity index (χ3v) is 18.3. The van der Waals surface area contributed by atoms with Crippen LogP contribution in [-0.2, 0) is 22.7 Å². The van der Waals surface area contributed by atoms with Crippen LogP contribution in [-0.4, -0.2) is 9.97 Å². The Morgan fingerprint density at radius 3 is 1.57 bits per heavy atom. The highest BCUT2D eigenvalue weighted by Gasteiger charge is 2.43. The van der Waals surface area contributed by atoms with E-state index in [9.17, 15) is 0 Å². The third-order valence-electron chi connectivity index (χ3n) is 16.7. The average Bonchev–Trinajstić information content (AvgIpc) is 4.15. The molecule has 2 aliphatic carbocycles. The maximum Gasteiger partial charge on any atom is 0.0987 e. The smallest absolute Gasteiger partial charge is 0.0987 e. The Labute approximate surface area is 457 Å². The molecular formula is C72H88N2S. The molecule has 0 N–H and O–H groups in total. The van der Waals surface area contributed by atoms with Crippen molar-refractivity contribution >= 4 is 33.5 Å². The Bertz CT molecular complexity index is 3120. The first-order valence-electron chi connectivity index (χ1n) is 29.6. The molecule has 7 aromatic rings. The lowest BCUT2D eigenvalue weighted by Gasteiger charge is -2.34. The monoisotopic (exact) mass is 1010 g/mol. The highest BCUT2D eigenvalue weighted by molar-refractivity contribution is 7.16. The summed E-state index contributed by atoms with van der Waals surface area (Å²) in [6.07, 6.45) is 25.7. The first kappa shape index (κ1) is 54.4. The summed E-state index contributed by atoms with van der Waals surface area (Å²) in [6.45, 7) is 23.6. The lowest BCUT2D eigenvalue weighted by molar-refractivity contribution is 0.400. The maximum absolute atomic E-state index is 5.87. The summed E-state index contributed by atoms with van der Waals surface area (Å²) in [6, 6.07) is 44.2. The highest BCUT2D eigenvalue weighted by atomic mass is 32.1. The molecule has 5 aromatic carbocycles. The first-order chi connectivity index (χ1) is 36.3. The fourth-order valence-electron chi connectivity index (χ4n) is 12.6. The first-order valence-corrected chi connectivity index (χ1v) is 30.4. The van der Waals surface area contributed by atoms with Gasteiger partial charge < -0.3 is 0 Å². The number of unbranched alkanes of at least 4 members (excludes halogenated alkanes) is 10. The Balaban J connectivity index is 1.21. The standard InChI is InChI=1S/C72H88N2S/c1-11-15-19-29-43-72(44-30-20-16-12-2)62-47-53(37-39-58(62)59-40-38-56(49-63(59)72)70(5,6)7)61-46-55(45-52(61)35-23-17-13-3)57-41-42-60(64-48-54(36-24-18-14-4)69(75-64)71(8,9)10)68-67(57)73-65(50-31-25-21-26-32-50)66(74-68)51-33-27-22-28-34-51/h21-22,25-28,31-34,37-42,45,47-49H,11-20,23-24,29-30,35-36,43-44,46H2,1-10H3. The zero-order valence-corrected chi connectivity index (χ0v) is 48.6. The lowest BCUT2D eigenvalue weighted by Crippen LogP contribution is -2.26. The van der Waals surface area contributed by atoms with Crippen LogP contribution in [0, 0.1) is 0 Å². The van der Waals surface area contributed by atoms with Crippen LogP contribution < -0.4 is 0 Å². The van der Waals surface area contributed by atoms with Crippen LogP contribution in [0.15, 0.2) is 127 Å². The van der Waals surface area contributed by atoms with Gasteiger partial charge in [0.25, 0.3) is 0 Å². The van der Waals surface area contributed by atoms with Gasteiger partial charge in [-0.25, -0.2) is 9.97 Å². The number of hydrogen-bond donors (Lipinski definition) is 0. The van der Waals surface area contributed by atoms with Gasteiger partial charge in [0, 0.05) is 37.4 Å². The van der Waals surface area contributed by atoms with E-state index in [4.69, 9.17) is 9.97 Å². The van der Waals surface area contributed by atoms with Crippen LogP contribution in [0.3, 0.4) is 0 Å². The van der Waals surface area contributed by atoms with Crippen LogP contribution in [0.25, 0.3) is 66.3 Å². The van der Waals surface area contributed by atoms with Gasteiger partial charge in [0.1, 0.15) is 0 Å². The zero-order chi connectivity index (χ0) is 52.7. The molecule has 0 bridgehead atoms. The number of fused-ring (bicyclic) bond motifs is 4. The number of nitrogens with zero attached hydrogens (tertiary/aromatic N) is 2. The van der Waals surface area contributed by atoms with Gasteiger partial charge >= 0.3 is 0 Å². The third kappa shape index (κ3) is 11.7. The number of allylic oxidation sites excluding steroid dienone is 4. The number of benzene rings is 5. The molecule has 9 rings (SSSR count). The van der Waals surface area contributed by atoms with E-state index < -0.39 is 0 Å². The molecule has 0 unspecified atom stereocenters. The van der Waals surface area contributed by atoms with Gasteiger partial charge in [-0.2, -0.15) is 0 Å². The summed E-state index contributed by atoms with van der Waals surface area (Å²) in [5.41, 5.74) is 23.4. The molecule has 2 aliphatic rings. The minimum Gasteiger partial charge on any atom is -0.243 e. The Hall–Kier alpha value is -5.38. The van der Waals surface area contributed by atoms with Gasteiger partial charge in [-0.1, -0.05) is 255 Å². The summed E-state index contributed by atoms with van der Waals surface area (Å²) >= 11 is 1.97. The summed E-state index contributed by atoms with van der Waals surface area (Å²) < 4.78 is 0. The van der Waals surface area contributed by atoms with Crippen molar-refractivity contribution in [1.29, 1.82) is 0 Å². The molecule has 0 radical (unpaired) electrons. The molecule has 0 amide bonds. The molecule has 2 heterocycles. The number of thiophene rings is 1. The van der Waals surface area contributed by atoms with Crippen LogP contribution in [0.5, 0.6) is 0 Å². The second-order valence-electron chi connectivity index (χ2n) is 24.5. The second-order valence-corrected chi connectivity index (χ2v) is 25.5. The number of rotatable bonds is 23. The average molecular weight is 1010 g/mol. The van der Waals surface area contributed by atoms with E-state index in [1.165, 1.54) is 168 Å². The van der Waals surface area contributed by atoms with Crippen LogP contribution >= 0.6 is 11.3 Å². The normalized spacial score (nSPS) is 14.2. The Morgan fingerprint density at radius 2 is 1.00 bits per heavy atom. The van der Waals surface area contributed by atoms with E-state index in [1.807, 2.05) is 11.3 Å². The van der Waals surface area contributed by atoms with Gasteiger partial charge in [0.15, 0.2) is 0 Å². The molecule has 0 aliphatic heterocycles. The summed E-state index contributed by atoms with van der Waals surface area (Å²) in [5, 5.41) is 0. The molecule has 2 aromatic heterocycles. The second kappa shape index (κ2) is 23.9. The molecule has 75 heavy (non-hydrogen) atoms. The van der Waals surface area contributed by atoms with Crippen LogP contribution in [0.2, 0.25) is 0 Å². The van der Waals surface area contributed by atoms with Gasteiger partial charge in [0.2, 0.25) is 0 Å². The predicted octanol–water partition coefficient (Wildman–Crippen LogP) is 22.0. The van der Waals surface area contributed by atoms with Crippen molar-refractivity contribution < 1.29 is 0 Å². The van der Waals surface area contributed by atoms with Crippen LogP contribution in [0.1, 0.15) is 223 Å². The molecular weight excluding hydrogens is 925 g/mol. The van der Waals surface area contributed by atoms with Gasteiger partial charge in [-0.05, 0) is 124 Å². The van der Waals surface area contributed by atoms with Crippen molar-refractivity contribution in [2.45, 2.75) is 207 Å². The van der Waals surface area contributed by atoms with Gasteiger partial charge in [-0.3, -0.25) is 0 Å². The van der Waals surface area contributed by atoms with Crippen molar-refractivity contribution in [2.24, 2.45) is 0 Å². The molecule has 0 saturated heterocycles. The van der Waals surface area contributed by atoms with Crippen LogP contribution in [0.4, 0.5) is 0 Å². The number of aromatic nitrogens is 2. The molecule has 392 valence electrons. The van der Waals surface area contributed by atoms with Crippen molar-refractivity contribution in [2.75, 3.05) is 0 Å². The van der Waals surface area contributed by atoms with E-state index in [1.54, 1.807) is 11.1 Å². The summed E-state index contributed by atoms with van der Waals surface area (Å²) in [5.74, 6) is 0. The van der Waals surface area contributed by atoms with Crippen molar-refractivity contribution in [3.63, 3.8) is 0 Å². The molecule has 2 nitrogen and oxygen atoms in total. The number of aryl methyl sites for hydroxylation is 1. The fraction of sp³-hybridized carbons (Fsp3) is 0.444. The van der Waals surface area contributed by atoms with E-state index >= 15 is 0 Å². The van der Waals surface area contributed by atoms with Gasteiger partial charge in [0.05, 0.1) is 22.4 Å². The summed E-state index contributed by atoms with van der Waals surface area (Å²) in [4.78, 5) is 14.5. The van der Waals surface area contributed by atoms with E-state index in [0.717, 1.165) is 52.8 Å². The number of hydrogen-bond acceptors (Lipinski definition) is 3. The molecule has 3 heteroatoms. The van der Waals surface area contributed by atoms with Crippen molar-refractivity contribution in [1.82, 2.24) is 9.97 Å². The predicted molar refractivity (Wildman–Crippen MR) is 328 cm³/mol. The zero-order valence-electron chi connectivity index (χ0n) is 47.8. The largest absolute Gasteiger partial charge is 0.243 e. The lowest BCUT2D eigenvalue weighted by atomic mass is 9.69. The van der Waals surface area contributed by atoms with E-state index in [2.05, 4.69) is 191 Å². The van der Waals surface area contributed by atoms with Crippen molar-refractivity contribution in [3.8, 4) is 44.1 Å². The molecule has 0 saturated carbocycles. The highest BCUT2D eigenvalue weighted by Crippen LogP contribution is 2.56. The van der Waals surface area contributed by atoms with E-state index in [0.29, 0.717) is 0 Å². The van der Waals surface area contributed by atoms with E-state index in [-0.39, 0.29) is 16.2 Å². The maximum atomic E-state index is 5.87. The topological polar surface area (TPSA) is 25.8 Å². The van der Waals surface area contributed by atoms with Crippen molar-refractivity contribution in [3.05, 3.63) is 165 Å². The quantitative estimate of drug-likeness (QED) is 0.0597. The Morgan fingerprint density at radius 1 is 0.480 bits per heavy atom. The molecule has 0 spiro atoms. The fourth-order valence-corrected chi connectivity index (χ4v) is 13.9. The molecule has 0 atom stereocenters. The summed E-state index contributed by atoms with van der Waals surface area (Å²) in [7, 11) is 0.